The summed E-state index contributed by atoms with van der Waals surface area (Å²) in [5.41, 5.74) is 7.80. The van der Waals surface area contributed by atoms with Crippen LogP contribution in [0.3, 0.4) is 0 Å². The minimum atomic E-state index is 0. The van der Waals surface area contributed by atoms with Gasteiger partial charge in [0.2, 0.25) is 0 Å². The molecule has 0 amide bonds. The molecule has 0 radical (unpaired) electrons. The highest BCUT2D eigenvalue weighted by Gasteiger charge is 2.27. The predicted octanol–water partition coefficient (Wildman–Crippen LogP) is 1.62. The lowest BCUT2D eigenvalue weighted by Gasteiger charge is -2.16. The molecular formula is C12H20IN5. The van der Waals surface area contributed by atoms with Crippen LogP contribution in [0.2, 0.25) is 0 Å². The Balaban J connectivity index is 0.00000162. The number of rotatable bonds is 3. The van der Waals surface area contributed by atoms with Crippen LogP contribution in [0.5, 0.6) is 0 Å². The van der Waals surface area contributed by atoms with Gasteiger partial charge in [0, 0.05) is 18.8 Å². The normalized spacial score (nSPS) is 15.2. The van der Waals surface area contributed by atoms with Gasteiger partial charge >= 0.3 is 0 Å². The van der Waals surface area contributed by atoms with Crippen molar-refractivity contribution in [3.63, 3.8) is 0 Å². The Labute approximate surface area is 125 Å². The molecule has 2 N–H and O–H groups in total. The van der Waals surface area contributed by atoms with Crippen molar-refractivity contribution in [3.05, 3.63) is 23.3 Å². The minimum Gasteiger partial charge on any atom is -0.370 e. The second-order valence-corrected chi connectivity index (χ2v) is 4.56. The average Bonchev–Trinajstić information content (AvgIpc) is 3.07. The summed E-state index contributed by atoms with van der Waals surface area (Å²) in [6.45, 7) is 4.37. The average molecular weight is 361 g/mol. The quantitative estimate of drug-likeness (QED) is 0.505. The maximum absolute atomic E-state index is 5.91. The monoisotopic (exact) mass is 361 g/mol. The topological polar surface area (TPSA) is 67.4 Å². The van der Waals surface area contributed by atoms with E-state index in [4.69, 9.17) is 5.73 Å². The minimum absolute atomic E-state index is 0. The molecule has 100 valence electrons. The van der Waals surface area contributed by atoms with E-state index in [1.54, 1.807) is 0 Å². The zero-order valence-corrected chi connectivity index (χ0v) is 13.4. The number of aliphatic imine (C=N–C) groups is 1. The molecule has 0 aromatic carbocycles. The zero-order chi connectivity index (χ0) is 12.4. The summed E-state index contributed by atoms with van der Waals surface area (Å²) in [6.07, 6.45) is 2.44. The Hall–Kier alpha value is -0.920. The van der Waals surface area contributed by atoms with E-state index in [0.29, 0.717) is 18.5 Å². The van der Waals surface area contributed by atoms with E-state index in [2.05, 4.69) is 15.0 Å². The van der Waals surface area contributed by atoms with Crippen LogP contribution in [0, 0.1) is 13.8 Å². The van der Waals surface area contributed by atoms with Crippen molar-refractivity contribution >= 4 is 29.9 Å². The first kappa shape index (κ1) is 15.1. The number of aromatic nitrogens is 2. The largest absolute Gasteiger partial charge is 0.370 e. The highest BCUT2D eigenvalue weighted by molar-refractivity contribution is 14.0. The highest BCUT2D eigenvalue weighted by Crippen LogP contribution is 2.24. The van der Waals surface area contributed by atoms with Gasteiger partial charge in [-0.25, -0.2) is 15.0 Å². The summed E-state index contributed by atoms with van der Waals surface area (Å²) in [5, 5.41) is 0. The summed E-state index contributed by atoms with van der Waals surface area (Å²) >= 11 is 0. The fourth-order valence-electron chi connectivity index (χ4n) is 1.80. The van der Waals surface area contributed by atoms with Gasteiger partial charge in [-0.1, -0.05) is 0 Å². The van der Waals surface area contributed by atoms with Gasteiger partial charge in [0.15, 0.2) is 5.96 Å². The molecule has 0 saturated heterocycles. The van der Waals surface area contributed by atoms with E-state index in [1.165, 1.54) is 12.8 Å². The molecule has 0 unspecified atom stereocenters. The van der Waals surface area contributed by atoms with Crippen molar-refractivity contribution in [2.45, 2.75) is 39.3 Å². The number of hydrogen-bond donors (Lipinski definition) is 1. The summed E-state index contributed by atoms with van der Waals surface area (Å²) < 4.78 is 0. The van der Waals surface area contributed by atoms with Crippen molar-refractivity contribution in [1.82, 2.24) is 14.9 Å². The second kappa shape index (κ2) is 6.31. The van der Waals surface area contributed by atoms with Crippen LogP contribution < -0.4 is 5.73 Å². The van der Waals surface area contributed by atoms with Crippen LogP contribution >= 0.6 is 24.0 Å². The summed E-state index contributed by atoms with van der Waals surface area (Å²) in [7, 11) is 1.99. The number of nitrogens with zero attached hydrogens (tertiary/aromatic N) is 4. The van der Waals surface area contributed by atoms with Crippen LogP contribution in [-0.4, -0.2) is 33.9 Å². The fraction of sp³-hybridized carbons (Fsp3) is 0.583. The lowest BCUT2D eigenvalue weighted by molar-refractivity contribution is 0.487. The molecule has 0 spiro atoms. The summed E-state index contributed by atoms with van der Waals surface area (Å²) in [5.74, 6) is 1.38. The molecule has 1 aromatic rings. The third kappa shape index (κ3) is 4.08. The third-order valence-electron chi connectivity index (χ3n) is 2.88. The molecule has 0 atom stereocenters. The number of guanidine groups is 1. The Kier molecular flexibility index (Phi) is 5.30. The van der Waals surface area contributed by atoms with E-state index < -0.39 is 0 Å². The van der Waals surface area contributed by atoms with E-state index in [9.17, 15) is 0 Å². The van der Waals surface area contributed by atoms with Gasteiger partial charge in [-0.15, -0.1) is 24.0 Å². The van der Waals surface area contributed by atoms with Crippen LogP contribution in [0.15, 0.2) is 11.1 Å². The first-order valence-electron chi connectivity index (χ1n) is 5.90. The molecule has 1 heterocycles. The van der Waals surface area contributed by atoms with E-state index in [0.717, 1.165) is 17.2 Å². The van der Waals surface area contributed by atoms with Crippen molar-refractivity contribution < 1.29 is 0 Å². The maximum Gasteiger partial charge on any atom is 0.191 e. The Morgan fingerprint density at radius 3 is 2.67 bits per heavy atom. The number of hydrogen-bond acceptors (Lipinski definition) is 3. The maximum atomic E-state index is 5.91. The first-order valence-corrected chi connectivity index (χ1v) is 5.90. The van der Waals surface area contributed by atoms with Crippen LogP contribution in [0.4, 0.5) is 0 Å². The van der Waals surface area contributed by atoms with Crippen LogP contribution in [0.25, 0.3) is 0 Å². The van der Waals surface area contributed by atoms with Crippen LogP contribution in [0.1, 0.15) is 30.1 Å². The van der Waals surface area contributed by atoms with Gasteiger partial charge in [-0.3, -0.25) is 0 Å². The number of nitrogens with two attached hydrogens (primary N) is 1. The Bertz CT molecular complexity index is 422. The molecule has 0 bridgehead atoms. The molecule has 1 fully saturated rings. The zero-order valence-electron chi connectivity index (χ0n) is 11.1. The van der Waals surface area contributed by atoms with E-state index in [-0.39, 0.29) is 24.0 Å². The fourth-order valence-corrected chi connectivity index (χ4v) is 1.80. The molecule has 1 saturated carbocycles. The standard InChI is InChI=1S/C12H19N5.HI/c1-8-6-10(16-9(2)15-8)7-14-12(13)17(3)11-4-5-11;/h6,11H,4-5,7H2,1-3H3,(H2,13,14);1H. The lowest BCUT2D eigenvalue weighted by atomic mass is 10.3. The highest BCUT2D eigenvalue weighted by atomic mass is 127. The van der Waals surface area contributed by atoms with Gasteiger partial charge in [-0.2, -0.15) is 0 Å². The molecule has 1 aromatic heterocycles. The second-order valence-electron chi connectivity index (χ2n) is 4.56. The molecule has 5 nitrogen and oxygen atoms in total. The summed E-state index contributed by atoms with van der Waals surface area (Å²) in [4.78, 5) is 15.0. The van der Waals surface area contributed by atoms with Crippen molar-refractivity contribution in [3.8, 4) is 0 Å². The number of aryl methyl sites for hydroxylation is 2. The molecular weight excluding hydrogens is 341 g/mol. The first-order chi connectivity index (χ1) is 8.06. The van der Waals surface area contributed by atoms with Gasteiger partial charge in [-0.05, 0) is 32.8 Å². The Morgan fingerprint density at radius 1 is 1.44 bits per heavy atom. The Morgan fingerprint density at radius 2 is 2.11 bits per heavy atom. The molecule has 1 aliphatic carbocycles. The predicted molar refractivity (Wildman–Crippen MR) is 83.0 cm³/mol. The molecule has 0 aliphatic heterocycles. The van der Waals surface area contributed by atoms with Gasteiger partial charge in [0.25, 0.3) is 0 Å². The van der Waals surface area contributed by atoms with Gasteiger partial charge in [0.05, 0.1) is 12.2 Å². The van der Waals surface area contributed by atoms with Gasteiger partial charge in [0.1, 0.15) is 5.82 Å². The molecule has 1 aliphatic rings. The third-order valence-corrected chi connectivity index (χ3v) is 2.88. The van der Waals surface area contributed by atoms with Crippen molar-refractivity contribution in [2.75, 3.05) is 7.05 Å². The van der Waals surface area contributed by atoms with E-state index in [1.807, 2.05) is 31.9 Å². The molecule has 6 heteroatoms. The van der Waals surface area contributed by atoms with E-state index >= 15 is 0 Å². The SMILES string of the molecule is Cc1cc(CN=C(N)N(C)C2CC2)nc(C)n1.I. The van der Waals surface area contributed by atoms with Gasteiger partial charge < -0.3 is 10.6 Å². The number of halogens is 1. The van der Waals surface area contributed by atoms with Crippen LogP contribution in [-0.2, 0) is 6.54 Å². The van der Waals surface area contributed by atoms with Crippen molar-refractivity contribution in [2.24, 2.45) is 10.7 Å². The molecule has 2 rings (SSSR count). The smallest absolute Gasteiger partial charge is 0.191 e. The summed E-state index contributed by atoms with van der Waals surface area (Å²) in [6, 6.07) is 2.54. The van der Waals surface area contributed by atoms with Crippen molar-refractivity contribution in [1.29, 1.82) is 0 Å². The molecule has 18 heavy (non-hydrogen) atoms. The lowest BCUT2D eigenvalue weighted by Crippen LogP contribution is -2.35.